The van der Waals surface area contributed by atoms with Crippen LogP contribution in [-0.4, -0.2) is 92.0 Å². The van der Waals surface area contributed by atoms with Crippen molar-refractivity contribution in [1.82, 2.24) is 15.5 Å². The number of nitrogens with one attached hydrogen (secondary N) is 2. The summed E-state index contributed by atoms with van der Waals surface area (Å²) in [5, 5.41) is 17.8. The van der Waals surface area contributed by atoms with Gasteiger partial charge in [-0.3, -0.25) is 9.59 Å². The minimum atomic E-state index is -1.00. The highest BCUT2D eigenvalue weighted by atomic mass is 16.5. The lowest BCUT2D eigenvalue weighted by Gasteiger charge is -2.32. The van der Waals surface area contributed by atoms with Crippen LogP contribution in [0.3, 0.4) is 0 Å². The van der Waals surface area contributed by atoms with E-state index in [4.69, 9.17) is 4.74 Å². The molecule has 238 valence electrons. The second-order valence-electron chi connectivity index (χ2n) is 12.1. The Bertz CT molecular complexity index is 1260. The van der Waals surface area contributed by atoms with Gasteiger partial charge < -0.3 is 35.2 Å². The Morgan fingerprint density at radius 3 is 2.41 bits per heavy atom. The fraction of sp³-hybridized carbons (Fsp3) is 0.559. The standard InChI is InChI=1S/C34H47N5O5/c1-2-37(34(43)35-27-12-7-4-8-13-27)24-31(40)30(20-25-10-5-3-6-11-25)36-33(42)26-21-28(38-16-18-44-19-17-38)23-29(22-26)39-15-9-14-32(39)41/h3,5-6,10-11,21-23,27,30-31,40H,2,4,7-9,12-20,24H2,1H3,(H,35,43)(H,36,42)/t30-,31-/m0/s1. The van der Waals surface area contributed by atoms with Crippen molar-refractivity contribution in [2.45, 2.75) is 76.5 Å². The van der Waals surface area contributed by atoms with Gasteiger partial charge in [-0.15, -0.1) is 0 Å². The Morgan fingerprint density at radius 2 is 1.73 bits per heavy atom. The number of nitrogens with zero attached hydrogens (tertiary/aromatic N) is 3. The molecule has 44 heavy (non-hydrogen) atoms. The number of carbonyl (C=O) groups excluding carboxylic acids is 3. The summed E-state index contributed by atoms with van der Waals surface area (Å²) in [5.41, 5.74) is 2.97. The van der Waals surface area contributed by atoms with Crippen molar-refractivity contribution in [1.29, 1.82) is 0 Å². The Labute approximate surface area is 260 Å². The van der Waals surface area contributed by atoms with Crippen LogP contribution in [0.2, 0.25) is 0 Å². The van der Waals surface area contributed by atoms with Crippen molar-refractivity contribution in [2.24, 2.45) is 0 Å². The highest BCUT2D eigenvalue weighted by Gasteiger charge is 2.29. The fourth-order valence-electron chi connectivity index (χ4n) is 6.43. The summed E-state index contributed by atoms with van der Waals surface area (Å²) in [4.78, 5) is 45.3. The first-order chi connectivity index (χ1) is 21.4. The molecule has 3 aliphatic rings. The second-order valence-corrected chi connectivity index (χ2v) is 12.1. The van der Waals surface area contributed by atoms with E-state index in [1.165, 1.54) is 6.42 Å². The monoisotopic (exact) mass is 605 g/mol. The zero-order valence-corrected chi connectivity index (χ0v) is 25.9. The van der Waals surface area contributed by atoms with E-state index < -0.39 is 12.1 Å². The lowest BCUT2D eigenvalue weighted by atomic mass is 9.96. The third kappa shape index (κ3) is 8.30. The van der Waals surface area contributed by atoms with Crippen molar-refractivity contribution in [2.75, 3.05) is 55.7 Å². The molecule has 0 unspecified atom stereocenters. The molecule has 3 N–H and O–H groups in total. The van der Waals surface area contributed by atoms with Crippen molar-refractivity contribution in [3.05, 3.63) is 59.7 Å². The van der Waals surface area contributed by atoms with Gasteiger partial charge in [0.1, 0.15) is 0 Å². The average molecular weight is 606 g/mol. The second kappa shape index (κ2) is 15.4. The van der Waals surface area contributed by atoms with Crippen LogP contribution >= 0.6 is 0 Å². The number of hydrogen-bond donors (Lipinski definition) is 3. The predicted molar refractivity (Wildman–Crippen MR) is 171 cm³/mol. The van der Waals surface area contributed by atoms with Crippen LogP contribution in [-0.2, 0) is 16.0 Å². The number of aliphatic hydroxyl groups excluding tert-OH is 1. The number of ether oxygens (including phenoxy) is 1. The minimum absolute atomic E-state index is 0.0547. The quantitative estimate of drug-likeness (QED) is 0.360. The summed E-state index contributed by atoms with van der Waals surface area (Å²) in [7, 11) is 0. The molecule has 2 heterocycles. The molecule has 1 aliphatic carbocycles. The Hall–Kier alpha value is -3.63. The van der Waals surface area contributed by atoms with E-state index in [9.17, 15) is 19.5 Å². The van der Waals surface area contributed by atoms with Crippen molar-refractivity contribution >= 4 is 29.2 Å². The third-order valence-corrected chi connectivity index (χ3v) is 9.01. The molecule has 5 rings (SSSR count). The lowest BCUT2D eigenvalue weighted by molar-refractivity contribution is -0.117. The number of morpholine rings is 1. The molecule has 10 heteroatoms. The molecule has 2 atom stereocenters. The molecular weight excluding hydrogens is 558 g/mol. The number of urea groups is 1. The van der Waals surface area contributed by atoms with E-state index in [2.05, 4.69) is 15.5 Å². The Balaban J connectivity index is 1.36. The van der Waals surface area contributed by atoms with Gasteiger partial charge in [0.15, 0.2) is 0 Å². The van der Waals surface area contributed by atoms with Gasteiger partial charge >= 0.3 is 6.03 Å². The minimum Gasteiger partial charge on any atom is -0.389 e. The maximum atomic E-state index is 13.9. The van der Waals surface area contributed by atoms with Gasteiger partial charge in [0.2, 0.25) is 5.91 Å². The van der Waals surface area contributed by atoms with Crippen LogP contribution in [0.5, 0.6) is 0 Å². The fourth-order valence-corrected chi connectivity index (χ4v) is 6.43. The summed E-state index contributed by atoms with van der Waals surface area (Å²) in [6.07, 6.45) is 6.08. The van der Waals surface area contributed by atoms with E-state index in [1.54, 1.807) is 15.9 Å². The van der Waals surface area contributed by atoms with Crippen LogP contribution in [0.15, 0.2) is 48.5 Å². The third-order valence-electron chi connectivity index (χ3n) is 9.01. The molecule has 0 aromatic heterocycles. The first-order valence-corrected chi connectivity index (χ1v) is 16.3. The zero-order valence-electron chi connectivity index (χ0n) is 25.9. The molecule has 0 bridgehead atoms. The number of anilines is 2. The van der Waals surface area contributed by atoms with Crippen molar-refractivity contribution in [3.63, 3.8) is 0 Å². The topological polar surface area (TPSA) is 114 Å². The Morgan fingerprint density at radius 1 is 1.00 bits per heavy atom. The van der Waals surface area contributed by atoms with E-state index in [-0.39, 0.29) is 30.4 Å². The van der Waals surface area contributed by atoms with Crippen molar-refractivity contribution < 1.29 is 24.2 Å². The highest BCUT2D eigenvalue weighted by Crippen LogP contribution is 2.29. The van der Waals surface area contributed by atoms with Gasteiger partial charge in [0.25, 0.3) is 5.91 Å². The van der Waals surface area contributed by atoms with Crippen LogP contribution in [0.4, 0.5) is 16.2 Å². The Kier molecular flexibility index (Phi) is 11.1. The molecule has 0 spiro atoms. The zero-order chi connectivity index (χ0) is 30.9. The number of amides is 4. The van der Waals surface area contributed by atoms with Crippen LogP contribution in [0, 0.1) is 0 Å². The smallest absolute Gasteiger partial charge is 0.317 e. The van der Waals surface area contributed by atoms with E-state index >= 15 is 0 Å². The number of aliphatic hydroxyl groups is 1. The van der Waals surface area contributed by atoms with Crippen molar-refractivity contribution in [3.8, 4) is 0 Å². The molecule has 4 amide bonds. The first kappa shape index (κ1) is 31.8. The number of rotatable bonds is 11. The predicted octanol–water partition coefficient (Wildman–Crippen LogP) is 3.72. The summed E-state index contributed by atoms with van der Waals surface area (Å²) in [5.74, 6) is -0.276. The highest BCUT2D eigenvalue weighted by molar-refractivity contribution is 6.00. The number of benzene rings is 2. The summed E-state index contributed by atoms with van der Waals surface area (Å²) in [6, 6.07) is 14.7. The molecule has 1 saturated carbocycles. The number of likely N-dealkylation sites (N-methyl/N-ethyl adjacent to an activating group) is 1. The lowest BCUT2D eigenvalue weighted by Crippen LogP contribution is -2.53. The maximum Gasteiger partial charge on any atom is 0.317 e. The molecule has 2 aliphatic heterocycles. The maximum absolute atomic E-state index is 13.9. The van der Waals surface area contributed by atoms with Gasteiger partial charge in [-0.05, 0) is 56.4 Å². The van der Waals surface area contributed by atoms with Gasteiger partial charge in [0.05, 0.1) is 31.9 Å². The summed E-state index contributed by atoms with van der Waals surface area (Å²) < 4.78 is 5.54. The summed E-state index contributed by atoms with van der Waals surface area (Å²) >= 11 is 0. The van der Waals surface area contributed by atoms with Crippen LogP contribution in [0.1, 0.15) is 67.8 Å². The normalized spacial score (nSPS) is 19.0. The number of carbonyl (C=O) groups is 3. The molecule has 3 fully saturated rings. The molecule has 2 saturated heterocycles. The molecular formula is C34H47N5O5. The largest absolute Gasteiger partial charge is 0.389 e. The summed E-state index contributed by atoms with van der Waals surface area (Å²) in [6.45, 7) is 5.65. The van der Waals surface area contributed by atoms with Gasteiger partial charge in [0, 0.05) is 55.6 Å². The molecule has 2 aromatic rings. The molecule has 2 aromatic carbocycles. The van der Waals surface area contributed by atoms with E-state index in [0.29, 0.717) is 63.5 Å². The van der Waals surface area contributed by atoms with Gasteiger partial charge in [-0.2, -0.15) is 0 Å². The van der Waals surface area contributed by atoms with Crippen LogP contribution in [0.25, 0.3) is 0 Å². The van der Waals surface area contributed by atoms with Gasteiger partial charge in [-0.25, -0.2) is 4.79 Å². The van der Waals surface area contributed by atoms with E-state index in [0.717, 1.165) is 43.4 Å². The number of hydrogen-bond acceptors (Lipinski definition) is 6. The SMILES string of the molecule is CCN(C[C@H](O)[C@H](Cc1ccccc1)NC(=O)c1cc(N2CCOCC2)cc(N2CCCC2=O)c1)C(=O)NC1CCCCC1. The van der Waals surface area contributed by atoms with Gasteiger partial charge in [-0.1, -0.05) is 49.6 Å². The molecule has 10 nitrogen and oxygen atoms in total. The van der Waals surface area contributed by atoms with Crippen LogP contribution < -0.4 is 20.4 Å². The van der Waals surface area contributed by atoms with E-state index in [1.807, 2.05) is 49.4 Å². The average Bonchev–Trinajstić information content (AvgIpc) is 3.50. The molecule has 0 radical (unpaired) electrons. The first-order valence-electron chi connectivity index (χ1n) is 16.3.